The molecule has 12 heteroatoms. The van der Waals surface area contributed by atoms with E-state index in [4.69, 9.17) is 9.79 Å². The van der Waals surface area contributed by atoms with Gasteiger partial charge in [0.1, 0.15) is 11.5 Å². The number of rotatable bonds is 8. The van der Waals surface area contributed by atoms with Crippen molar-refractivity contribution in [3.8, 4) is 5.75 Å². The molecule has 0 saturated carbocycles. The van der Waals surface area contributed by atoms with E-state index in [0.717, 1.165) is 20.1 Å². The Morgan fingerprint density at radius 3 is 2.56 bits per heavy atom. The van der Waals surface area contributed by atoms with Crippen LogP contribution >= 0.6 is 7.82 Å². The normalized spacial score (nSPS) is 16.2. The Bertz CT molecular complexity index is 1280. The number of amides is 1. The van der Waals surface area contributed by atoms with Gasteiger partial charge in [0.25, 0.3) is 0 Å². The van der Waals surface area contributed by atoms with Gasteiger partial charge in [0.05, 0.1) is 0 Å². The van der Waals surface area contributed by atoms with Crippen LogP contribution in [0.25, 0.3) is 6.08 Å². The van der Waals surface area contributed by atoms with Gasteiger partial charge in [0.2, 0.25) is 5.91 Å². The zero-order chi connectivity index (χ0) is 24.7. The number of carbonyl (C=O) groups excluding carboxylic acids is 1. The zero-order valence-electron chi connectivity index (χ0n) is 18.7. The Kier molecular flexibility index (Phi) is 6.37. The average molecular weight is 491 g/mol. The summed E-state index contributed by atoms with van der Waals surface area (Å²) in [5.41, 5.74) is 3.49. The van der Waals surface area contributed by atoms with Crippen LogP contribution in [0.5, 0.6) is 5.75 Å². The van der Waals surface area contributed by atoms with Crippen molar-refractivity contribution in [2.75, 3.05) is 6.54 Å². The molecule has 0 saturated heterocycles. The molecule has 2 aromatic rings. The number of aromatic nitrogens is 1. The molecule has 0 aliphatic carbocycles. The first kappa shape index (κ1) is 24.1. The van der Waals surface area contributed by atoms with E-state index in [1.807, 2.05) is 6.92 Å². The molecule has 8 nitrogen and oxygen atoms in total. The summed E-state index contributed by atoms with van der Waals surface area (Å²) >= 11 is 0. The number of carbonyl (C=O) groups is 1. The number of phosphoric acid groups is 1. The van der Waals surface area contributed by atoms with E-state index < -0.39 is 14.8 Å². The second-order valence-corrected chi connectivity index (χ2v) is 9.57. The van der Waals surface area contributed by atoms with Gasteiger partial charge >= 0.3 is 14.8 Å². The maximum atomic E-state index is 15.4. The lowest BCUT2D eigenvalue weighted by Gasteiger charge is -2.30. The number of halogens is 2. The highest BCUT2D eigenvalue weighted by atomic mass is 31.2. The quantitative estimate of drug-likeness (QED) is 0.389. The number of hydrogen-bond donors (Lipinski definition) is 3. The second kappa shape index (κ2) is 8.98. The summed E-state index contributed by atoms with van der Waals surface area (Å²) in [4.78, 5) is 29.9. The van der Waals surface area contributed by atoms with E-state index in [1.165, 1.54) is 12.1 Å². The molecule has 0 bridgehead atoms. The van der Waals surface area contributed by atoms with E-state index in [9.17, 15) is 9.36 Å². The Balaban J connectivity index is 1.33. The maximum Gasteiger partial charge on any atom is 0.737 e. The van der Waals surface area contributed by atoms with Gasteiger partial charge in [0, 0.05) is 43.3 Å². The van der Waals surface area contributed by atoms with Gasteiger partial charge in [-0.15, -0.1) is 0 Å². The Hall–Kier alpha value is -3.01. The van der Waals surface area contributed by atoms with Crippen LogP contribution in [0.2, 0.25) is 0 Å². The van der Waals surface area contributed by atoms with Crippen LogP contribution in [0.3, 0.4) is 0 Å². The molecule has 0 fully saturated rings. The highest BCUT2D eigenvalue weighted by molar-refractivity contribution is 7.46. The fourth-order valence-corrected chi connectivity index (χ4v) is 4.82. The largest absolute Gasteiger partial charge is 0.737 e. The molecule has 4 rings (SSSR count). The number of aryl methyl sites for hydroxylation is 2. The fraction of sp³-hybridized carbons (Fsp3) is 0.273. The van der Waals surface area contributed by atoms with Gasteiger partial charge in [-0.3, -0.25) is 14.6 Å². The zero-order valence-corrected chi connectivity index (χ0v) is 19.6. The number of phosphoric ester groups is 1. The van der Waals surface area contributed by atoms with Crippen molar-refractivity contribution in [2.45, 2.75) is 33.1 Å². The smallest absolute Gasteiger partial charge is 0.404 e. The summed E-state index contributed by atoms with van der Waals surface area (Å²) < 4.78 is 48.3. The third-order valence-corrected chi connectivity index (χ3v) is 6.35. The van der Waals surface area contributed by atoms with Crippen LogP contribution in [-0.4, -0.2) is 43.9 Å². The second-order valence-electron chi connectivity index (χ2n) is 8.40. The topological polar surface area (TPSA) is 104 Å². The van der Waals surface area contributed by atoms with Gasteiger partial charge in [-0.1, -0.05) is 12.1 Å². The summed E-state index contributed by atoms with van der Waals surface area (Å²) in [6.07, 6.45) is 5.80. The average Bonchev–Trinajstić information content (AvgIpc) is 3.28. The predicted octanol–water partition coefficient (Wildman–Crippen LogP) is 3.32. The van der Waals surface area contributed by atoms with Crippen LogP contribution < -0.4 is 9.84 Å². The van der Waals surface area contributed by atoms with Gasteiger partial charge < -0.3 is 27.4 Å². The first-order valence-electron chi connectivity index (χ1n) is 10.8. The molecule has 0 atom stereocenters. The monoisotopic (exact) mass is 491 g/mol. The molecule has 0 unspecified atom stereocenters. The molecular weight excluding hydrogens is 466 g/mol. The van der Waals surface area contributed by atoms with Crippen molar-refractivity contribution in [3.05, 3.63) is 70.7 Å². The highest BCUT2D eigenvalue weighted by Gasteiger charge is 2.52. The fourth-order valence-electron chi connectivity index (χ4n) is 4.43. The van der Waals surface area contributed by atoms with E-state index in [0.29, 0.717) is 35.8 Å². The minimum atomic E-state index is -4.61. The van der Waals surface area contributed by atoms with Crippen LogP contribution in [-0.2, 0) is 15.8 Å². The third kappa shape index (κ3) is 4.92. The molecule has 2 aliphatic heterocycles. The number of fused-ring (bicyclic) bond motifs is 2. The molecule has 0 spiro atoms. The highest BCUT2D eigenvalue weighted by Crippen LogP contribution is 2.37. The molecule has 1 aromatic carbocycles. The number of allylic oxidation sites excluding steroid dienone is 2. The van der Waals surface area contributed by atoms with Crippen molar-refractivity contribution in [1.29, 1.82) is 0 Å². The van der Waals surface area contributed by atoms with Crippen LogP contribution in [0, 0.1) is 13.8 Å². The maximum absolute atomic E-state index is 15.4. The molecule has 1 amide bonds. The van der Waals surface area contributed by atoms with Crippen molar-refractivity contribution in [1.82, 2.24) is 9.79 Å². The Morgan fingerprint density at radius 2 is 1.88 bits per heavy atom. The molecule has 34 heavy (non-hydrogen) atoms. The van der Waals surface area contributed by atoms with Gasteiger partial charge in [-0.25, -0.2) is 4.57 Å². The summed E-state index contributed by atoms with van der Waals surface area (Å²) in [5, 5.41) is 2.78. The van der Waals surface area contributed by atoms with Gasteiger partial charge in [-0.05, 0) is 55.3 Å². The Labute approximate surface area is 195 Å². The minimum Gasteiger partial charge on any atom is -0.404 e. The van der Waals surface area contributed by atoms with Crippen molar-refractivity contribution in [3.63, 3.8) is 0 Å². The molecule has 2 aliphatic rings. The standard InChI is InChI=1S/C22H25BF2N3O5P/c1-15-13-16(2)27-21(15)14-19-6-5-18(28(19)23(27,24)25)7-10-22(29)26-12-11-17-3-8-20(9-4-17)33-34(30,31)32/h3-6,8-9,13-14H,7,10-12H2,1-2H3,(H,26,29)(H2,30,31,32). The van der Waals surface area contributed by atoms with Crippen LogP contribution in [0.15, 0.2) is 48.2 Å². The molecule has 1 aromatic heterocycles. The lowest BCUT2D eigenvalue weighted by atomic mass is 9.90. The van der Waals surface area contributed by atoms with Gasteiger partial charge in [-0.2, -0.15) is 0 Å². The number of nitrogens with one attached hydrogen (secondary N) is 1. The SMILES string of the molecule is Cc1cc(C)n2c1C=C1C=CC(CCC(=O)NCCc3ccc(OP(=O)(O)O)cc3)=[N+]1[B-]2(F)F. The first-order chi connectivity index (χ1) is 16.0. The van der Waals surface area contributed by atoms with E-state index in [2.05, 4.69) is 9.84 Å². The first-order valence-corrected chi connectivity index (χ1v) is 12.4. The van der Waals surface area contributed by atoms with Crippen LogP contribution in [0.4, 0.5) is 8.63 Å². The molecular formula is C22H25BF2N3O5P. The van der Waals surface area contributed by atoms with E-state index in [1.54, 1.807) is 43.4 Å². The summed E-state index contributed by atoms with van der Waals surface area (Å²) in [5.74, 6) is -0.203. The van der Waals surface area contributed by atoms with Gasteiger partial charge in [0.15, 0.2) is 5.70 Å². The van der Waals surface area contributed by atoms with Crippen molar-refractivity contribution in [2.24, 2.45) is 0 Å². The number of nitrogens with zero attached hydrogens (tertiary/aromatic N) is 2. The Morgan fingerprint density at radius 1 is 1.18 bits per heavy atom. The summed E-state index contributed by atoms with van der Waals surface area (Å²) in [6.45, 7) is -0.225. The number of benzene rings is 1. The number of hydrogen-bond acceptors (Lipinski definition) is 3. The van der Waals surface area contributed by atoms with Crippen molar-refractivity contribution >= 4 is 32.5 Å². The lowest BCUT2D eigenvalue weighted by Crippen LogP contribution is -2.50. The van der Waals surface area contributed by atoms with Crippen LogP contribution in [0.1, 0.15) is 35.4 Å². The minimum absolute atomic E-state index is 0.0460. The molecule has 3 N–H and O–H groups in total. The summed E-state index contributed by atoms with van der Waals surface area (Å²) in [6, 6.07) is 7.90. The molecule has 3 heterocycles. The summed E-state index contributed by atoms with van der Waals surface area (Å²) in [7, 11) is -4.61. The molecule has 180 valence electrons. The molecule has 0 radical (unpaired) electrons. The van der Waals surface area contributed by atoms with Crippen molar-refractivity contribution < 1.29 is 36.8 Å². The van der Waals surface area contributed by atoms with E-state index >= 15 is 8.63 Å². The predicted molar refractivity (Wildman–Crippen MR) is 125 cm³/mol. The van der Waals surface area contributed by atoms with E-state index in [-0.39, 0.29) is 24.5 Å². The third-order valence-electron chi connectivity index (χ3n) is 5.90. The lowest BCUT2D eigenvalue weighted by molar-refractivity contribution is -0.362.